The highest BCUT2D eigenvalue weighted by atomic mass is 28.3. The molecule has 1 N–H and O–H groups in total. The molecule has 52 heavy (non-hydrogen) atoms. The van der Waals surface area contributed by atoms with Gasteiger partial charge in [-0.1, -0.05) is 53.5 Å². The molecule has 2 aromatic heterocycles. The summed E-state index contributed by atoms with van der Waals surface area (Å²) in [6.07, 6.45) is 3.22. The lowest BCUT2D eigenvalue weighted by molar-refractivity contribution is 0.107. The minimum absolute atomic E-state index is 0.0316. The largest absolute Gasteiger partial charge is 0.508 e. The highest BCUT2D eigenvalue weighted by Crippen LogP contribution is 2.44. The van der Waals surface area contributed by atoms with Crippen LogP contribution in [-0.2, 0) is 0 Å². The second kappa shape index (κ2) is 13.8. The smallest absolute Gasteiger partial charge is 0.319 e. The van der Waals surface area contributed by atoms with Crippen LogP contribution in [0.4, 0.5) is 19.0 Å². The normalized spacial score (nSPS) is 20.9. The lowest BCUT2D eigenvalue weighted by atomic mass is 9.95. The molecule has 7 nitrogen and oxygen atoms in total. The molecular formula is C41H50F3N5O2Si. The van der Waals surface area contributed by atoms with Crippen molar-refractivity contribution in [3.8, 4) is 34.5 Å². The van der Waals surface area contributed by atoms with Crippen LogP contribution >= 0.6 is 0 Å². The van der Waals surface area contributed by atoms with Gasteiger partial charge < -0.3 is 14.7 Å². The van der Waals surface area contributed by atoms with Crippen molar-refractivity contribution in [1.82, 2.24) is 19.9 Å². The van der Waals surface area contributed by atoms with Gasteiger partial charge in [-0.3, -0.25) is 4.90 Å². The molecule has 4 aromatic rings. The summed E-state index contributed by atoms with van der Waals surface area (Å²) in [5, 5.41) is 12.3. The van der Waals surface area contributed by atoms with Crippen molar-refractivity contribution in [3.05, 3.63) is 47.2 Å². The van der Waals surface area contributed by atoms with Crippen molar-refractivity contribution in [2.24, 2.45) is 0 Å². The van der Waals surface area contributed by atoms with Gasteiger partial charge in [0.25, 0.3) is 0 Å². The molecule has 2 aromatic carbocycles. The zero-order valence-electron chi connectivity index (χ0n) is 31.4. The molecule has 11 heteroatoms. The van der Waals surface area contributed by atoms with Crippen molar-refractivity contribution in [3.63, 3.8) is 0 Å². The average Bonchev–Trinajstić information content (AvgIpc) is 3.82. The number of anilines is 1. The number of phenols is 1. The fourth-order valence-electron chi connectivity index (χ4n) is 9.69. The Kier molecular flexibility index (Phi) is 9.70. The third-order valence-corrected chi connectivity index (χ3v) is 18.4. The number of ether oxygens (including phenoxy) is 1. The fourth-order valence-corrected chi connectivity index (χ4v) is 14.9. The van der Waals surface area contributed by atoms with E-state index in [1.54, 1.807) is 19.1 Å². The van der Waals surface area contributed by atoms with Crippen LogP contribution in [0.2, 0.25) is 16.6 Å². The van der Waals surface area contributed by atoms with Gasteiger partial charge >= 0.3 is 6.01 Å². The third kappa shape index (κ3) is 6.09. The Labute approximate surface area is 306 Å². The second-order valence-electron chi connectivity index (χ2n) is 16.1. The van der Waals surface area contributed by atoms with E-state index in [2.05, 4.69) is 67.8 Å². The number of hydrogen-bond acceptors (Lipinski definition) is 7. The van der Waals surface area contributed by atoms with E-state index in [9.17, 15) is 9.50 Å². The monoisotopic (exact) mass is 729 g/mol. The number of phenolic OH excluding ortho intramolecular Hbond substituents is 1. The number of nitrogens with zero attached hydrogens (tertiary/aromatic N) is 5. The first kappa shape index (κ1) is 36.5. The SMILES string of the molecule is Cc1nc(-c2cc(O)cc3ccc(F)c(C#C[Si](C(C)C)(C(C)C)C(C)C)c23)c(F)c2nc(OC[C@@]34CCCN3C[C@H](F)C4)nc(N3CCCC3)c12. The Balaban J connectivity index is 1.42. The predicted octanol–water partition coefficient (Wildman–Crippen LogP) is 9.26. The van der Waals surface area contributed by atoms with E-state index in [0.717, 1.165) is 45.3 Å². The summed E-state index contributed by atoms with van der Waals surface area (Å²) in [4.78, 5) is 18.6. The van der Waals surface area contributed by atoms with Crippen LogP contribution in [0.15, 0.2) is 24.3 Å². The molecule has 0 radical (unpaired) electrons. The topological polar surface area (TPSA) is 74.6 Å². The number of aromatic nitrogens is 3. The van der Waals surface area contributed by atoms with Crippen LogP contribution in [-0.4, -0.2) is 77.5 Å². The maximum atomic E-state index is 17.3. The van der Waals surface area contributed by atoms with E-state index in [0.29, 0.717) is 57.3 Å². The molecule has 3 aliphatic rings. The summed E-state index contributed by atoms with van der Waals surface area (Å²) in [6.45, 7) is 17.9. The minimum atomic E-state index is -2.27. The standard InChI is InChI=1S/C41H50F3N5O2Si/c1-24(2)52(25(3)4,26(5)6)18-13-31-33(43)12-11-28-19-30(50)20-32(35(28)31)37-36(44)38-34(27(7)45-37)39(48-15-8-9-16-48)47-40(46-38)51-23-41-14-10-17-49(41)22-29(42)21-41/h11-12,19-20,24-26,29,50H,8-10,14-17,21-23H2,1-7H3/t29-,41+/m1/s1. The van der Waals surface area contributed by atoms with Gasteiger partial charge in [0.1, 0.15) is 49.4 Å². The maximum absolute atomic E-state index is 17.3. The Morgan fingerprint density at radius 1 is 0.962 bits per heavy atom. The number of fused-ring (bicyclic) bond motifs is 3. The van der Waals surface area contributed by atoms with E-state index in [4.69, 9.17) is 14.7 Å². The number of pyridine rings is 1. The molecule has 7 rings (SSSR count). The van der Waals surface area contributed by atoms with Gasteiger partial charge in [-0.15, -0.1) is 5.54 Å². The van der Waals surface area contributed by atoms with Crippen molar-refractivity contribution in [2.45, 2.75) is 109 Å². The molecule has 2 atom stereocenters. The zero-order chi connectivity index (χ0) is 37.1. The molecule has 0 saturated carbocycles. The van der Waals surface area contributed by atoms with Gasteiger partial charge in [0, 0.05) is 37.0 Å². The number of benzene rings is 2. The molecule has 3 aliphatic heterocycles. The molecular weight excluding hydrogens is 680 g/mol. The highest BCUT2D eigenvalue weighted by Gasteiger charge is 2.49. The van der Waals surface area contributed by atoms with Gasteiger partial charge in [0.15, 0.2) is 5.82 Å². The van der Waals surface area contributed by atoms with Crippen molar-refractivity contribution in [1.29, 1.82) is 0 Å². The van der Waals surface area contributed by atoms with Crippen LogP contribution in [0.1, 0.15) is 84.9 Å². The summed E-state index contributed by atoms with van der Waals surface area (Å²) in [6, 6.07) is 5.95. The first-order valence-corrected chi connectivity index (χ1v) is 21.1. The first-order valence-electron chi connectivity index (χ1n) is 18.9. The number of aryl methyl sites for hydroxylation is 1. The van der Waals surface area contributed by atoms with Gasteiger partial charge in [-0.2, -0.15) is 9.97 Å². The predicted molar refractivity (Wildman–Crippen MR) is 205 cm³/mol. The van der Waals surface area contributed by atoms with E-state index in [1.807, 2.05) is 0 Å². The maximum Gasteiger partial charge on any atom is 0.319 e. The molecule has 0 amide bonds. The summed E-state index contributed by atoms with van der Waals surface area (Å²) in [5.41, 5.74) is 5.07. The van der Waals surface area contributed by atoms with Gasteiger partial charge in [-0.25, -0.2) is 18.2 Å². The Hall–Kier alpha value is -3.88. The molecule has 0 bridgehead atoms. The number of alkyl halides is 1. The lowest BCUT2D eigenvalue weighted by Crippen LogP contribution is -2.43. The summed E-state index contributed by atoms with van der Waals surface area (Å²) < 4.78 is 54.1. The van der Waals surface area contributed by atoms with E-state index in [1.165, 1.54) is 12.1 Å². The van der Waals surface area contributed by atoms with E-state index < -0.39 is 31.4 Å². The summed E-state index contributed by atoms with van der Waals surface area (Å²) >= 11 is 0. The minimum Gasteiger partial charge on any atom is -0.508 e. The van der Waals surface area contributed by atoms with Gasteiger partial charge in [0.05, 0.1) is 22.2 Å². The Morgan fingerprint density at radius 3 is 2.37 bits per heavy atom. The van der Waals surface area contributed by atoms with Crippen LogP contribution in [0.25, 0.3) is 32.9 Å². The number of rotatable bonds is 8. The highest BCUT2D eigenvalue weighted by molar-refractivity contribution is 6.90. The molecule has 3 fully saturated rings. The van der Waals surface area contributed by atoms with Crippen molar-refractivity contribution >= 4 is 35.6 Å². The van der Waals surface area contributed by atoms with Crippen LogP contribution < -0.4 is 9.64 Å². The zero-order valence-corrected chi connectivity index (χ0v) is 32.4. The molecule has 0 spiro atoms. The average molecular weight is 730 g/mol. The molecule has 3 saturated heterocycles. The number of hydrogen-bond donors (Lipinski definition) is 1. The van der Waals surface area contributed by atoms with Crippen molar-refractivity contribution < 1.29 is 23.0 Å². The van der Waals surface area contributed by atoms with Crippen LogP contribution in [0.3, 0.4) is 0 Å². The number of halogens is 3. The second-order valence-corrected chi connectivity index (χ2v) is 21.7. The Bertz CT molecular complexity index is 2070. The Morgan fingerprint density at radius 2 is 1.67 bits per heavy atom. The van der Waals surface area contributed by atoms with Crippen molar-refractivity contribution in [2.75, 3.05) is 37.7 Å². The number of aromatic hydroxyl groups is 1. The van der Waals surface area contributed by atoms with Gasteiger partial charge in [0.2, 0.25) is 0 Å². The third-order valence-electron chi connectivity index (χ3n) is 12.1. The first-order chi connectivity index (χ1) is 24.8. The lowest BCUT2D eigenvalue weighted by Gasteiger charge is -2.38. The van der Waals surface area contributed by atoms with Crippen LogP contribution in [0, 0.1) is 30.0 Å². The fraction of sp³-hybridized carbons (Fsp3) is 0.537. The van der Waals surface area contributed by atoms with Crippen LogP contribution in [0.5, 0.6) is 11.8 Å². The molecule has 0 unspecified atom stereocenters. The summed E-state index contributed by atoms with van der Waals surface area (Å²) in [5.74, 6) is 2.50. The van der Waals surface area contributed by atoms with E-state index in [-0.39, 0.29) is 40.7 Å². The van der Waals surface area contributed by atoms with E-state index >= 15 is 8.78 Å². The molecule has 5 heterocycles. The molecule has 0 aliphatic carbocycles. The molecule has 276 valence electrons. The van der Waals surface area contributed by atoms with Gasteiger partial charge in [-0.05, 0) is 79.4 Å². The summed E-state index contributed by atoms with van der Waals surface area (Å²) in [7, 11) is -2.27. The quantitative estimate of drug-likeness (QED) is 0.143.